The molecule has 0 bridgehead atoms. The largest absolute Gasteiger partial charge is 0.0999 e. The molecule has 0 N–H and O–H groups in total. The second kappa shape index (κ2) is 5.62. The van der Waals surface area contributed by atoms with Gasteiger partial charge in [0.25, 0.3) is 0 Å². The van der Waals surface area contributed by atoms with Crippen molar-refractivity contribution in [2.24, 2.45) is 35.5 Å². The molecule has 0 radical (unpaired) electrons. The molecule has 6 unspecified atom stereocenters. The van der Waals surface area contributed by atoms with Gasteiger partial charge < -0.3 is 0 Å². The van der Waals surface area contributed by atoms with E-state index in [1.807, 2.05) is 0 Å². The third-order valence-corrected chi connectivity index (χ3v) is 6.83. The fraction of sp³-hybridized carbons (Fsp3) is 0.895. The lowest BCUT2D eigenvalue weighted by molar-refractivity contribution is 0.0165. The average Bonchev–Trinajstić information content (AvgIpc) is 2.43. The minimum Gasteiger partial charge on any atom is -0.0999 e. The van der Waals surface area contributed by atoms with Crippen LogP contribution in [-0.4, -0.2) is 0 Å². The quantitative estimate of drug-likeness (QED) is 0.548. The van der Waals surface area contributed by atoms with Gasteiger partial charge in [-0.15, -0.1) is 0 Å². The predicted molar refractivity (Wildman–Crippen MR) is 83.0 cm³/mol. The van der Waals surface area contributed by atoms with E-state index in [0.29, 0.717) is 0 Å². The number of fused-ring (bicyclic) bond motifs is 2. The summed E-state index contributed by atoms with van der Waals surface area (Å²) < 4.78 is 0. The summed E-state index contributed by atoms with van der Waals surface area (Å²) >= 11 is 0. The molecule has 3 aliphatic rings. The van der Waals surface area contributed by atoms with E-state index in [1.54, 1.807) is 25.7 Å². The second-order valence-electron chi connectivity index (χ2n) is 7.89. The Hall–Kier alpha value is -0.260. The van der Waals surface area contributed by atoms with E-state index in [-0.39, 0.29) is 0 Å². The smallest absolute Gasteiger partial charge is 0.0178 e. The highest BCUT2D eigenvalue weighted by atomic mass is 14.5. The monoisotopic (exact) mass is 260 g/mol. The molecule has 0 aromatic carbocycles. The van der Waals surface area contributed by atoms with Crippen molar-refractivity contribution in [3.63, 3.8) is 0 Å². The maximum absolute atomic E-state index is 4.30. The van der Waals surface area contributed by atoms with Crippen LogP contribution in [0.5, 0.6) is 0 Å². The van der Waals surface area contributed by atoms with E-state index in [9.17, 15) is 0 Å². The Labute approximate surface area is 120 Å². The summed E-state index contributed by atoms with van der Waals surface area (Å²) in [6, 6.07) is 0. The molecule has 0 aliphatic heterocycles. The molecule has 0 spiro atoms. The molecule has 3 rings (SSSR count). The Bertz CT molecular complexity index is 329. The summed E-state index contributed by atoms with van der Waals surface area (Å²) in [7, 11) is 0. The summed E-state index contributed by atoms with van der Waals surface area (Å²) in [6.07, 6.45) is 13.6. The Morgan fingerprint density at radius 1 is 0.895 bits per heavy atom. The van der Waals surface area contributed by atoms with Gasteiger partial charge in [-0.1, -0.05) is 51.2 Å². The first-order valence-electron chi connectivity index (χ1n) is 8.84. The molecule has 3 aliphatic carbocycles. The van der Waals surface area contributed by atoms with Crippen LogP contribution in [0, 0.1) is 35.5 Å². The van der Waals surface area contributed by atoms with E-state index in [4.69, 9.17) is 0 Å². The van der Waals surface area contributed by atoms with Crippen molar-refractivity contribution in [3.8, 4) is 0 Å². The number of hydrogen-bond acceptors (Lipinski definition) is 0. The van der Waals surface area contributed by atoms with Gasteiger partial charge in [0.05, 0.1) is 0 Å². The van der Waals surface area contributed by atoms with Crippen molar-refractivity contribution in [2.75, 3.05) is 0 Å². The van der Waals surface area contributed by atoms with Crippen molar-refractivity contribution in [1.29, 1.82) is 0 Å². The highest BCUT2D eigenvalue weighted by molar-refractivity contribution is 5.04. The van der Waals surface area contributed by atoms with Crippen LogP contribution >= 0.6 is 0 Å². The van der Waals surface area contributed by atoms with E-state index >= 15 is 0 Å². The predicted octanol–water partition coefficient (Wildman–Crippen LogP) is 5.83. The zero-order valence-electron chi connectivity index (χ0n) is 13.0. The summed E-state index contributed by atoms with van der Waals surface area (Å²) in [6.45, 7) is 8.97. The zero-order chi connectivity index (χ0) is 13.4. The van der Waals surface area contributed by atoms with Crippen LogP contribution in [0.3, 0.4) is 0 Å². The van der Waals surface area contributed by atoms with E-state index in [2.05, 4.69) is 20.4 Å². The summed E-state index contributed by atoms with van der Waals surface area (Å²) in [5, 5.41) is 0. The van der Waals surface area contributed by atoms with Crippen LogP contribution in [0.15, 0.2) is 12.2 Å². The third kappa shape index (κ3) is 2.65. The van der Waals surface area contributed by atoms with Crippen LogP contribution in [0.25, 0.3) is 0 Å². The second-order valence-corrected chi connectivity index (χ2v) is 7.89. The van der Waals surface area contributed by atoms with Gasteiger partial charge in [-0.3, -0.25) is 0 Å². The molecule has 6 atom stereocenters. The Morgan fingerprint density at radius 2 is 1.47 bits per heavy atom. The van der Waals surface area contributed by atoms with Crippen LogP contribution in [0.4, 0.5) is 0 Å². The summed E-state index contributed by atoms with van der Waals surface area (Å²) in [5.41, 5.74) is 1.47. The van der Waals surface area contributed by atoms with Crippen LogP contribution in [0.1, 0.15) is 71.6 Å². The van der Waals surface area contributed by atoms with Crippen LogP contribution < -0.4 is 0 Å². The molecule has 19 heavy (non-hydrogen) atoms. The van der Waals surface area contributed by atoms with Gasteiger partial charge >= 0.3 is 0 Å². The molecule has 0 aromatic heterocycles. The molecular formula is C19H32. The van der Waals surface area contributed by atoms with Crippen molar-refractivity contribution >= 4 is 0 Å². The molecule has 0 aromatic rings. The van der Waals surface area contributed by atoms with E-state index < -0.39 is 0 Å². The first kappa shape index (κ1) is 13.7. The Balaban J connectivity index is 1.71. The van der Waals surface area contributed by atoms with E-state index in [1.165, 1.54) is 37.7 Å². The Morgan fingerprint density at radius 3 is 2.00 bits per heavy atom. The molecule has 0 amide bonds. The van der Waals surface area contributed by atoms with E-state index in [0.717, 1.165) is 35.5 Å². The highest BCUT2D eigenvalue weighted by Gasteiger charge is 2.43. The minimum absolute atomic E-state index is 0.839. The number of rotatable bonds is 2. The molecule has 3 saturated carbocycles. The molecule has 0 heterocycles. The summed E-state index contributed by atoms with van der Waals surface area (Å²) in [5.74, 6) is 6.10. The molecule has 0 heteroatoms. The lowest BCUT2D eigenvalue weighted by Gasteiger charge is -2.50. The number of allylic oxidation sites excluding steroid dienone is 1. The van der Waals surface area contributed by atoms with Gasteiger partial charge in [0.1, 0.15) is 0 Å². The Kier molecular flexibility index (Phi) is 4.06. The molecule has 3 fully saturated rings. The maximum Gasteiger partial charge on any atom is -0.0178 e. The molecule has 0 nitrogen and oxygen atoms in total. The van der Waals surface area contributed by atoms with Crippen LogP contribution in [-0.2, 0) is 0 Å². The fourth-order valence-corrected chi connectivity index (χ4v) is 5.77. The molecular weight excluding hydrogens is 228 g/mol. The third-order valence-electron chi connectivity index (χ3n) is 6.83. The molecule has 108 valence electrons. The highest BCUT2D eigenvalue weighted by Crippen LogP contribution is 2.53. The summed E-state index contributed by atoms with van der Waals surface area (Å²) in [4.78, 5) is 0. The topological polar surface area (TPSA) is 0 Å². The van der Waals surface area contributed by atoms with Crippen molar-refractivity contribution < 1.29 is 0 Å². The van der Waals surface area contributed by atoms with Crippen LogP contribution in [0.2, 0.25) is 0 Å². The standard InChI is InChI=1S/C19H32/c1-4-14-9-17-10-15-7-5-6-8-16(15)11-18(17)12-19(14)13(2)3/h14-19H,2,4-12H2,1,3H3. The normalized spacial score (nSPS) is 46.2. The van der Waals surface area contributed by atoms with Gasteiger partial charge in [-0.05, 0) is 68.1 Å². The minimum atomic E-state index is 0.839. The van der Waals surface area contributed by atoms with Crippen molar-refractivity contribution in [3.05, 3.63) is 12.2 Å². The maximum atomic E-state index is 4.30. The van der Waals surface area contributed by atoms with Gasteiger partial charge in [-0.25, -0.2) is 0 Å². The first-order chi connectivity index (χ1) is 9.19. The van der Waals surface area contributed by atoms with Gasteiger partial charge in [0.2, 0.25) is 0 Å². The van der Waals surface area contributed by atoms with Gasteiger partial charge in [0, 0.05) is 0 Å². The van der Waals surface area contributed by atoms with Crippen molar-refractivity contribution in [2.45, 2.75) is 71.6 Å². The fourth-order valence-electron chi connectivity index (χ4n) is 5.77. The van der Waals surface area contributed by atoms with Gasteiger partial charge in [0.15, 0.2) is 0 Å². The van der Waals surface area contributed by atoms with Gasteiger partial charge in [-0.2, -0.15) is 0 Å². The van der Waals surface area contributed by atoms with Crippen molar-refractivity contribution in [1.82, 2.24) is 0 Å². The lowest BCUT2D eigenvalue weighted by atomic mass is 9.55. The SMILES string of the molecule is C=C(C)C1CC2CC3CCCCC3CC2CC1CC. The lowest BCUT2D eigenvalue weighted by Crippen LogP contribution is -2.40. The average molecular weight is 260 g/mol. The first-order valence-corrected chi connectivity index (χ1v) is 8.84. The molecule has 0 saturated heterocycles. The zero-order valence-corrected chi connectivity index (χ0v) is 13.0. The number of hydrogen-bond donors (Lipinski definition) is 0.